The van der Waals surface area contributed by atoms with E-state index in [4.69, 9.17) is 0 Å². The molecule has 1 heterocycles. The summed E-state index contributed by atoms with van der Waals surface area (Å²) in [5, 5.41) is 2.55. The molecule has 2 aromatic rings. The summed E-state index contributed by atoms with van der Waals surface area (Å²) in [4.78, 5) is 12.8. The van der Waals surface area contributed by atoms with Crippen LogP contribution in [0.15, 0.2) is 53.4 Å². The maximum absolute atomic E-state index is 12.9. The van der Waals surface area contributed by atoms with Crippen LogP contribution < -0.4 is 10.1 Å². The van der Waals surface area contributed by atoms with Gasteiger partial charge in [-0.05, 0) is 56.2 Å². The van der Waals surface area contributed by atoms with Crippen molar-refractivity contribution in [3.63, 3.8) is 0 Å². The third-order valence-electron chi connectivity index (χ3n) is 4.49. The highest BCUT2D eigenvalue weighted by Gasteiger charge is 2.39. The Labute approximate surface area is 166 Å². The van der Waals surface area contributed by atoms with Crippen LogP contribution in [0.3, 0.4) is 0 Å². The molecule has 0 aliphatic carbocycles. The number of nitrogens with one attached hydrogen (secondary N) is 1. The Morgan fingerprint density at radius 1 is 1.10 bits per heavy atom. The van der Waals surface area contributed by atoms with Gasteiger partial charge in [-0.1, -0.05) is 17.7 Å². The number of alkyl halides is 3. The molecule has 1 saturated heterocycles. The second-order valence-electron chi connectivity index (χ2n) is 6.65. The highest BCUT2D eigenvalue weighted by molar-refractivity contribution is 7.89. The quantitative estimate of drug-likeness (QED) is 0.788. The Bertz CT molecular complexity index is 974. The third-order valence-corrected chi connectivity index (χ3v) is 6.41. The molecule has 10 heteroatoms. The zero-order valence-electron chi connectivity index (χ0n) is 15.4. The Morgan fingerprint density at radius 3 is 2.31 bits per heavy atom. The van der Waals surface area contributed by atoms with E-state index in [1.54, 1.807) is 12.1 Å². The van der Waals surface area contributed by atoms with Gasteiger partial charge in [-0.2, -0.15) is 4.31 Å². The molecule has 3 rings (SSSR count). The molecule has 156 valence electrons. The molecule has 1 aliphatic heterocycles. The molecule has 1 N–H and O–H groups in total. The number of nitrogens with zero attached hydrogens (tertiary/aromatic N) is 1. The van der Waals surface area contributed by atoms with Crippen molar-refractivity contribution in [3.8, 4) is 5.75 Å². The molecular formula is C19H19F3N2O4S. The number of anilines is 1. The summed E-state index contributed by atoms with van der Waals surface area (Å²) in [6, 6.07) is 10.1. The molecule has 29 heavy (non-hydrogen) atoms. The van der Waals surface area contributed by atoms with Gasteiger partial charge in [0.25, 0.3) is 0 Å². The van der Waals surface area contributed by atoms with Gasteiger partial charge in [-0.25, -0.2) is 8.42 Å². The SMILES string of the molecule is Cc1ccc(S(=O)(=O)N2CCC[C@H]2C(=O)Nc2ccc(OC(F)(F)F)cc2)cc1. The van der Waals surface area contributed by atoms with E-state index in [1.165, 1.54) is 24.3 Å². The summed E-state index contributed by atoms with van der Waals surface area (Å²) >= 11 is 0. The summed E-state index contributed by atoms with van der Waals surface area (Å²) in [7, 11) is -3.84. The molecule has 2 aromatic carbocycles. The summed E-state index contributed by atoms with van der Waals surface area (Å²) in [6.07, 6.45) is -3.92. The number of carbonyl (C=O) groups excluding carboxylic acids is 1. The summed E-state index contributed by atoms with van der Waals surface area (Å²) in [5.74, 6) is -0.956. The first-order chi connectivity index (χ1) is 13.6. The number of amides is 1. The minimum Gasteiger partial charge on any atom is -0.406 e. The van der Waals surface area contributed by atoms with Crippen LogP contribution in [0.1, 0.15) is 18.4 Å². The van der Waals surface area contributed by atoms with E-state index < -0.39 is 34.1 Å². The first-order valence-electron chi connectivity index (χ1n) is 8.81. The van der Waals surface area contributed by atoms with Crippen LogP contribution in [0.5, 0.6) is 5.75 Å². The topological polar surface area (TPSA) is 75.7 Å². The monoisotopic (exact) mass is 428 g/mol. The lowest BCUT2D eigenvalue weighted by atomic mass is 10.2. The van der Waals surface area contributed by atoms with Gasteiger partial charge in [0.1, 0.15) is 11.8 Å². The number of aryl methyl sites for hydroxylation is 1. The zero-order valence-corrected chi connectivity index (χ0v) is 16.3. The van der Waals surface area contributed by atoms with Crippen molar-refractivity contribution in [1.82, 2.24) is 4.31 Å². The average molecular weight is 428 g/mol. The lowest BCUT2D eigenvalue weighted by Crippen LogP contribution is -2.43. The fourth-order valence-corrected chi connectivity index (χ4v) is 4.76. The largest absolute Gasteiger partial charge is 0.573 e. The van der Waals surface area contributed by atoms with Gasteiger partial charge in [0.15, 0.2) is 0 Å². The molecule has 6 nitrogen and oxygen atoms in total. The molecule has 0 unspecified atom stereocenters. The smallest absolute Gasteiger partial charge is 0.406 e. The minimum atomic E-state index is -4.81. The number of halogens is 3. The van der Waals surface area contributed by atoms with Crippen LogP contribution in [0, 0.1) is 6.92 Å². The first-order valence-corrected chi connectivity index (χ1v) is 10.3. The summed E-state index contributed by atoms with van der Waals surface area (Å²) in [6.45, 7) is 2.06. The molecule has 0 spiro atoms. The molecule has 0 radical (unpaired) electrons. The van der Waals surface area contributed by atoms with Gasteiger partial charge < -0.3 is 10.1 Å². The minimum absolute atomic E-state index is 0.108. The Hall–Kier alpha value is -2.59. The van der Waals surface area contributed by atoms with Crippen LogP contribution in [0.2, 0.25) is 0 Å². The lowest BCUT2D eigenvalue weighted by molar-refractivity contribution is -0.274. The summed E-state index contributed by atoms with van der Waals surface area (Å²) < 4.78 is 67.4. The van der Waals surface area contributed by atoms with E-state index in [-0.39, 0.29) is 17.1 Å². The predicted molar refractivity (Wildman–Crippen MR) is 99.8 cm³/mol. The third kappa shape index (κ3) is 5.07. The van der Waals surface area contributed by atoms with Crippen molar-refractivity contribution in [2.45, 2.75) is 37.1 Å². The average Bonchev–Trinajstić information content (AvgIpc) is 3.13. The number of rotatable bonds is 5. The molecular weight excluding hydrogens is 409 g/mol. The summed E-state index contributed by atoms with van der Waals surface area (Å²) in [5.41, 5.74) is 1.15. The van der Waals surface area contributed by atoms with Crippen molar-refractivity contribution < 1.29 is 31.1 Å². The van der Waals surface area contributed by atoms with Gasteiger partial charge in [0.2, 0.25) is 15.9 Å². The van der Waals surface area contributed by atoms with E-state index >= 15 is 0 Å². The van der Waals surface area contributed by atoms with E-state index in [2.05, 4.69) is 10.1 Å². The maximum atomic E-state index is 12.9. The standard InChI is InChI=1S/C19H19F3N2O4S/c1-13-4-10-16(11-5-13)29(26,27)24-12-2-3-17(24)18(25)23-14-6-8-15(9-7-14)28-19(20,21)22/h4-11,17H,2-3,12H2,1H3,(H,23,25)/t17-/m0/s1. The van der Waals surface area contributed by atoms with E-state index in [1.807, 2.05) is 6.92 Å². The zero-order chi connectivity index (χ0) is 21.2. The van der Waals surface area contributed by atoms with Crippen molar-refractivity contribution in [3.05, 3.63) is 54.1 Å². The molecule has 1 amide bonds. The first kappa shape index (κ1) is 21.1. The number of sulfonamides is 1. The van der Waals surface area contributed by atoms with E-state index in [0.29, 0.717) is 12.8 Å². The second-order valence-corrected chi connectivity index (χ2v) is 8.54. The molecule has 0 aromatic heterocycles. The van der Waals surface area contributed by atoms with Gasteiger partial charge in [-0.3, -0.25) is 4.79 Å². The molecule has 1 fully saturated rings. The van der Waals surface area contributed by atoms with Crippen LogP contribution in [0.4, 0.5) is 18.9 Å². The Balaban J connectivity index is 1.72. The Morgan fingerprint density at radius 2 is 1.72 bits per heavy atom. The van der Waals surface area contributed by atoms with Crippen molar-refractivity contribution in [1.29, 1.82) is 0 Å². The number of benzene rings is 2. The van der Waals surface area contributed by atoms with Crippen LogP contribution >= 0.6 is 0 Å². The highest BCUT2D eigenvalue weighted by Crippen LogP contribution is 2.28. The highest BCUT2D eigenvalue weighted by atomic mass is 32.2. The van der Waals surface area contributed by atoms with Crippen molar-refractivity contribution in [2.24, 2.45) is 0 Å². The fraction of sp³-hybridized carbons (Fsp3) is 0.316. The molecule has 0 saturated carbocycles. The molecule has 1 aliphatic rings. The van der Waals surface area contributed by atoms with Crippen molar-refractivity contribution in [2.75, 3.05) is 11.9 Å². The fourth-order valence-electron chi connectivity index (χ4n) is 3.10. The van der Waals surface area contributed by atoms with E-state index in [9.17, 15) is 26.4 Å². The van der Waals surface area contributed by atoms with Gasteiger partial charge in [0.05, 0.1) is 4.90 Å². The molecule has 0 bridgehead atoms. The van der Waals surface area contributed by atoms with Crippen LogP contribution in [-0.2, 0) is 14.8 Å². The Kier molecular flexibility index (Phi) is 5.85. The van der Waals surface area contributed by atoms with Gasteiger partial charge >= 0.3 is 6.36 Å². The number of hydrogen-bond donors (Lipinski definition) is 1. The number of ether oxygens (including phenoxy) is 1. The normalized spacial score (nSPS) is 17.9. The van der Waals surface area contributed by atoms with Crippen LogP contribution in [-0.4, -0.2) is 37.6 Å². The van der Waals surface area contributed by atoms with Crippen molar-refractivity contribution >= 4 is 21.6 Å². The molecule has 1 atom stereocenters. The van der Waals surface area contributed by atoms with Gasteiger partial charge in [-0.15, -0.1) is 13.2 Å². The maximum Gasteiger partial charge on any atom is 0.573 e. The predicted octanol–water partition coefficient (Wildman–Crippen LogP) is 3.69. The second kappa shape index (κ2) is 8.03. The number of carbonyl (C=O) groups is 1. The van der Waals surface area contributed by atoms with E-state index in [0.717, 1.165) is 22.0 Å². The van der Waals surface area contributed by atoms with Gasteiger partial charge in [0, 0.05) is 12.2 Å². The lowest BCUT2D eigenvalue weighted by Gasteiger charge is -2.23. The van der Waals surface area contributed by atoms with Crippen LogP contribution in [0.25, 0.3) is 0 Å². The number of hydrogen-bond acceptors (Lipinski definition) is 4.